The lowest BCUT2D eigenvalue weighted by atomic mass is 10.1. The van der Waals surface area contributed by atoms with E-state index in [1.807, 2.05) is 31.2 Å². The number of carbonyl (C=O) groups excluding carboxylic acids is 2. The molecule has 0 unspecified atom stereocenters. The molecule has 0 aliphatic rings. The van der Waals surface area contributed by atoms with Gasteiger partial charge in [-0.2, -0.15) is 0 Å². The van der Waals surface area contributed by atoms with E-state index in [1.165, 1.54) is 0 Å². The van der Waals surface area contributed by atoms with E-state index in [0.717, 1.165) is 17.5 Å². The third kappa shape index (κ3) is 5.72. The average molecular weight is 340 g/mol. The summed E-state index contributed by atoms with van der Waals surface area (Å²) in [4.78, 5) is 24.2. The minimum atomic E-state index is -0.197. The van der Waals surface area contributed by atoms with Crippen LogP contribution in [-0.4, -0.2) is 30.0 Å². The zero-order chi connectivity index (χ0) is 18.1. The molecule has 5 nitrogen and oxygen atoms in total. The number of hydrogen-bond acceptors (Lipinski definition) is 3. The Morgan fingerprint density at radius 2 is 1.44 bits per heavy atom. The number of aliphatic hydroxyl groups excluding tert-OH is 1. The van der Waals surface area contributed by atoms with Crippen LogP contribution in [0.1, 0.15) is 45.2 Å². The molecular weight excluding hydrogens is 316 g/mol. The molecule has 5 heteroatoms. The second-order valence-electron chi connectivity index (χ2n) is 5.82. The van der Waals surface area contributed by atoms with E-state index in [-0.39, 0.29) is 18.4 Å². The van der Waals surface area contributed by atoms with Crippen molar-refractivity contribution in [3.8, 4) is 0 Å². The van der Waals surface area contributed by atoms with Crippen molar-refractivity contribution in [2.45, 2.75) is 26.4 Å². The van der Waals surface area contributed by atoms with Crippen LogP contribution < -0.4 is 10.6 Å². The van der Waals surface area contributed by atoms with Gasteiger partial charge in [-0.3, -0.25) is 9.59 Å². The lowest BCUT2D eigenvalue weighted by Gasteiger charge is -2.08. The molecule has 0 bridgehead atoms. The number of nitrogens with one attached hydrogen (secondary N) is 2. The molecule has 2 rings (SSSR count). The summed E-state index contributed by atoms with van der Waals surface area (Å²) in [5.41, 5.74) is 2.91. The number of benzene rings is 2. The van der Waals surface area contributed by atoms with Crippen LogP contribution in [0.5, 0.6) is 0 Å². The average Bonchev–Trinajstić information content (AvgIpc) is 2.66. The van der Waals surface area contributed by atoms with Gasteiger partial charge in [-0.05, 0) is 42.2 Å². The van der Waals surface area contributed by atoms with Gasteiger partial charge in [-0.25, -0.2) is 0 Å². The van der Waals surface area contributed by atoms with Gasteiger partial charge in [0, 0.05) is 24.2 Å². The summed E-state index contributed by atoms with van der Waals surface area (Å²) in [7, 11) is 0. The topological polar surface area (TPSA) is 78.4 Å². The molecule has 2 aromatic rings. The fourth-order valence-electron chi connectivity index (χ4n) is 2.38. The lowest BCUT2D eigenvalue weighted by molar-refractivity contribution is 0.0953. The SMILES string of the molecule is CCCNC(=O)c1cccc(C(=O)NCCc2ccc(CO)cc2)c1. The zero-order valence-electron chi connectivity index (χ0n) is 14.4. The highest BCUT2D eigenvalue weighted by atomic mass is 16.3. The van der Waals surface area contributed by atoms with Crippen molar-refractivity contribution >= 4 is 11.8 Å². The standard InChI is InChI=1S/C20H24N2O3/c1-2-11-21-19(24)17-4-3-5-18(13-17)20(25)22-12-10-15-6-8-16(14-23)9-7-15/h3-9,13,23H,2,10-12,14H2,1H3,(H,21,24)(H,22,25). The Hall–Kier alpha value is -2.66. The number of hydrogen-bond donors (Lipinski definition) is 3. The lowest BCUT2D eigenvalue weighted by Crippen LogP contribution is -2.27. The van der Waals surface area contributed by atoms with Gasteiger partial charge in [0.05, 0.1) is 6.61 Å². The number of rotatable bonds is 8. The first-order valence-electron chi connectivity index (χ1n) is 8.49. The molecule has 0 atom stereocenters. The van der Waals surface area contributed by atoms with Gasteiger partial charge in [-0.1, -0.05) is 37.3 Å². The smallest absolute Gasteiger partial charge is 0.251 e. The van der Waals surface area contributed by atoms with Crippen molar-refractivity contribution in [3.63, 3.8) is 0 Å². The Balaban J connectivity index is 1.88. The maximum absolute atomic E-state index is 12.2. The molecule has 0 heterocycles. The summed E-state index contributed by atoms with van der Waals surface area (Å²) in [5, 5.41) is 14.7. The highest BCUT2D eigenvalue weighted by Crippen LogP contribution is 2.07. The molecule has 0 aliphatic carbocycles. The minimum Gasteiger partial charge on any atom is -0.392 e. The maximum Gasteiger partial charge on any atom is 0.251 e. The Morgan fingerprint density at radius 1 is 0.880 bits per heavy atom. The predicted molar refractivity (Wildman–Crippen MR) is 97.5 cm³/mol. The van der Waals surface area contributed by atoms with E-state index in [9.17, 15) is 9.59 Å². The molecule has 0 aromatic heterocycles. The van der Waals surface area contributed by atoms with Crippen molar-refractivity contribution in [1.29, 1.82) is 0 Å². The zero-order valence-corrected chi connectivity index (χ0v) is 14.4. The van der Waals surface area contributed by atoms with E-state index in [2.05, 4.69) is 10.6 Å². The van der Waals surface area contributed by atoms with Gasteiger partial charge in [0.15, 0.2) is 0 Å². The third-order valence-electron chi connectivity index (χ3n) is 3.83. The molecule has 2 amide bonds. The molecule has 25 heavy (non-hydrogen) atoms. The largest absolute Gasteiger partial charge is 0.392 e. The van der Waals surface area contributed by atoms with E-state index in [0.29, 0.717) is 30.6 Å². The van der Waals surface area contributed by atoms with Gasteiger partial charge < -0.3 is 15.7 Å². The number of carbonyl (C=O) groups is 2. The summed E-state index contributed by atoms with van der Waals surface area (Å²) in [6.45, 7) is 3.13. The van der Waals surface area contributed by atoms with E-state index in [4.69, 9.17) is 5.11 Å². The Kier molecular flexibility index (Phi) is 7.16. The minimum absolute atomic E-state index is 0.0270. The van der Waals surface area contributed by atoms with Crippen LogP contribution in [0.3, 0.4) is 0 Å². The summed E-state index contributed by atoms with van der Waals surface area (Å²) in [6, 6.07) is 14.3. The highest BCUT2D eigenvalue weighted by Gasteiger charge is 2.09. The van der Waals surface area contributed by atoms with Crippen LogP contribution in [0.25, 0.3) is 0 Å². The Bertz CT molecular complexity index is 711. The van der Waals surface area contributed by atoms with Crippen LogP contribution in [0.2, 0.25) is 0 Å². The van der Waals surface area contributed by atoms with Crippen molar-refractivity contribution < 1.29 is 14.7 Å². The van der Waals surface area contributed by atoms with E-state index < -0.39 is 0 Å². The van der Waals surface area contributed by atoms with Crippen molar-refractivity contribution in [1.82, 2.24) is 10.6 Å². The van der Waals surface area contributed by atoms with Gasteiger partial charge in [-0.15, -0.1) is 0 Å². The van der Waals surface area contributed by atoms with E-state index in [1.54, 1.807) is 24.3 Å². The van der Waals surface area contributed by atoms with Gasteiger partial charge in [0.1, 0.15) is 0 Å². The quantitative estimate of drug-likeness (QED) is 0.690. The van der Waals surface area contributed by atoms with Crippen molar-refractivity contribution in [3.05, 3.63) is 70.8 Å². The fraction of sp³-hybridized carbons (Fsp3) is 0.300. The molecule has 3 N–H and O–H groups in total. The van der Waals surface area contributed by atoms with Crippen LogP contribution in [-0.2, 0) is 13.0 Å². The van der Waals surface area contributed by atoms with Crippen LogP contribution in [0, 0.1) is 0 Å². The van der Waals surface area contributed by atoms with Gasteiger partial charge >= 0.3 is 0 Å². The number of aliphatic hydroxyl groups is 1. The highest BCUT2D eigenvalue weighted by molar-refractivity contribution is 5.99. The van der Waals surface area contributed by atoms with Crippen LogP contribution in [0.15, 0.2) is 48.5 Å². The third-order valence-corrected chi connectivity index (χ3v) is 3.83. The molecule has 0 fully saturated rings. The molecular formula is C20H24N2O3. The first-order valence-corrected chi connectivity index (χ1v) is 8.49. The molecule has 2 aromatic carbocycles. The maximum atomic E-state index is 12.2. The summed E-state index contributed by atoms with van der Waals surface area (Å²) in [5.74, 6) is -0.363. The second-order valence-corrected chi connectivity index (χ2v) is 5.82. The van der Waals surface area contributed by atoms with Crippen molar-refractivity contribution in [2.24, 2.45) is 0 Å². The molecule has 0 spiro atoms. The summed E-state index contributed by atoms with van der Waals surface area (Å²) < 4.78 is 0. The van der Waals surface area contributed by atoms with Crippen LogP contribution >= 0.6 is 0 Å². The molecule has 0 saturated heterocycles. The second kappa shape index (κ2) is 9.59. The first-order chi connectivity index (χ1) is 12.1. The molecule has 0 radical (unpaired) electrons. The Morgan fingerprint density at radius 3 is 2.00 bits per heavy atom. The molecule has 132 valence electrons. The van der Waals surface area contributed by atoms with Crippen LogP contribution in [0.4, 0.5) is 0 Å². The van der Waals surface area contributed by atoms with Gasteiger partial charge in [0.25, 0.3) is 11.8 Å². The number of amides is 2. The van der Waals surface area contributed by atoms with Gasteiger partial charge in [0.2, 0.25) is 0 Å². The normalized spacial score (nSPS) is 10.3. The summed E-state index contributed by atoms with van der Waals surface area (Å²) >= 11 is 0. The Labute approximate surface area is 148 Å². The monoisotopic (exact) mass is 340 g/mol. The molecule has 0 aliphatic heterocycles. The molecule has 0 saturated carbocycles. The fourth-order valence-corrected chi connectivity index (χ4v) is 2.38. The van der Waals surface area contributed by atoms with Crippen molar-refractivity contribution in [2.75, 3.05) is 13.1 Å². The first kappa shape index (κ1) is 18.7. The summed E-state index contributed by atoms with van der Waals surface area (Å²) in [6.07, 6.45) is 1.57. The predicted octanol–water partition coefficient (Wildman–Crippen LogP) is 2.29. The van der Waals surface area contributed by atoms with E-state index >= 15 is 0 Å².